The van der Waals surface area contributed by atoms with Crippen LogP contribution in [-0.4, -0.2) is 4.92 Å². The highest BCUT2D eigenvalue weighted by Crippen LogP contribution is 2.38. The van der Waals surface area contributed by atoms with Crippen LogP contribution in [0.15, 0.2) is 39.3 Å². The van der Waals surface area contributed by atoms with Crippen LogP contribution in [0, 0.1) is 19.5 Å². The number of nitro benzene ring substituents is 1. The van der Waals surface area contributed by atoms with Crippen molar-refractivity contribution in [2.24, 2.45) is 0 Å². The lowest BCUT2D eigenvalue weighted by Gasteiger charge is -2.09. The smallest absolute Gasteiger partial charge is 0.346 e. The molecule has 2 rings (SSSR count). The van der Waals surface area contributed by atoms with Crippen LogP contribution in [0.3, 0.4) is 0 Å². The molecule has 0 saturated heterocycles. The van der Waals surface area contributed by atoms with Crippen LogP contribution in [-0.2, 0) is 0 Å². The summed E-state index contributed by atoms with van der Waals surface area (Å²) >= 11 is 8.42. The summed E-state index contributed by atoms with van der Waals surface area (Å²) in [6.45, 7) is 0. The molecule has 4 nitrogen and oxygen atoms in total. The first-order chi connectivity index (χ1) is 9.38. The molecule has 0 atom stereocenters. The highest BCUT2D eigenvalue weighted by Gasteiger charge is 2.23. The minimum atomic E-state index is -0.952. The van der Waals surface area contributed by atoms with Crippen LogP contribution in [0.2, 0.25) is 0 Å². The lowest BCUT2D eigenvalue weighted by Crippen LogP contribution is -1.98. The molecule has 0 heterocycles. The number of nitro groups is 1. The van der Waals surface area contributed by atoms with Gasteiger partial charge in [-0.15, -0.1) is 0 Å². The van der Waals surface area contributed by atoms with Crippen LogP contribution in [0.4, 0.5) is 10.1 Å². The van der Waals surface area contributed by atoms with Gasteiger partial charge in [-0.05, 0) is 46.9 Å². The monoisotopic (exact) mass is 515 g/mol. The van der Waals surface area contributed by atoms with Crippen molar-refractivity contribution in [1.82, 2.24) is 0 Å². The van der Waals surface area contributed by atoms with E-state index in [0.717, 1.165) is 14.1 Å². The van der Waals surface area contributed by atoms with Gasteiger partial charge >= 0.3 is 5.69 Å². The number of halogens is 4. The van der Waals surface area contributed by atoms with E-state index in [4.69, 9.17) is 4.74 Å². The van der Waals surface area contributed by atoms with Gasteiger partial charge in [-0.1, -0.05) is 31.9 Å². The highest BCUT2D eigenvalue weighted by atomic mass is 127. The van der Waals surface area contributed by atoms with Crippen LogP contribution in [0.25, 0.3) is 0 Å². The maximum absolute atomic E-state index is 13.7. The highest BCUT2D eigenvalue weighted by molar-refractivity contribution is 14.1. The van der Waals surface area contributed by atoms with Gasteiger partial charge in [0.05, 0.1) is 8.49 Å². The van der Waals surface area contributed by atoms with Crippen molar-refractivity contribution in [2.75, 3.05) is 0 Å². The van der Waals surface area contributed by atoms with Gasteiger partial charge in [-0.25, -0.2) is 0 Å². The Morgan fingerprint density at radius 1 is 1.15 bits per heavy atom. The minimum Gasteiger partial charge on any atom is -0.449 e. The van der Waals surface area contributed by atoms with Gasteiger partial charge in [0.2, 0.25) is 11.6 Å². The van der Waals surface area contributed by atoms with Gasteiger partial charge in [-0.2, -0.15) is 4.39 Å². The SMILES string of the molecule is O=[N+]([O-])c1c(F)cc(Br)cc1Oc1ccc(Br)cc1I. The fourth-order valence-corrected chi connectivity index (χ4v) is 3.30. The molecular weight excluding hydrogens is 512 g/mol. The van der Waals surface area contributed by atoms with Gasteiger partial charge in [0.15, 0.2) is 0 Å². The molecule has 0 aliphatic heterocycles. The molecule has 0 spiro atoms. The topological polar surface area (TPSA) is 52.4 Å². The average Bonchev–Trinajstić information content (AvgIpc) is 2.31. The third-order valence-corrected chi connectivity index (χ3v) is 4.08. The zero-order valence-electron chi connectivity index (χ0n) is 9.57. The summed E-state index contributed by atoms with van der Waals surface area (Å²) in [5.74, 6) is -0.692. The van der Waals surface area contributed by atoms with E-state index in [2.05, 4.69) is 31.9 Å². The van der Waals surface area contributed by atoms with E-state index in [1.54, 1.807) is 18.2 Å². The van der Waals surface area contributed by atoms with Crippen LogP contribution >= 0.6 is 54.5 Å². The van der Waals surface area contributed by atoms with Crippen molar-refractivity contribution in [3.05, 3.63) is 58.8 Å². The van der Waals surface area contributed by atoms with Gasteiger partial charge in [0, 0.05) is 15.0 Å². The summed E-state index contributed by atoms with van der Waals surface area (Å²) in [7, 11) is 0. The van der Waals surface area contributed by atoms with Gasteiger partial charge < -0.3 is 4.74 Å². The number of hydrogen-bond donors (Lipinski definition) is 0. The Bertz CT molecular complexity index is 697. The molecule has 20 heavy (non-hydrogen) atoms. The normalized spacial score (nSPS) is 10.4. The number of nitrogens with zero attached hydrogens (tertiary/aromatic N) is 1. The average molecular weight is 517 g/mol. The predicted molar refractivity (Wildman–Crippen MR) is 87.7 cm³/mol. The molecular formula is C12H5Br2FINO3. The van der Waals surface area contributed by atoms with E-state index in [1.807, 2.05) is 22.6 Å². The van der Waals surface area contributed by atoms with Crippen LogP contribution < -0.4 is 4.74 Å². The molecule has 0 aromatic heterocycles. The molecule has 0 N–H and O–H groups in total. The molecule has 104 valence electrons. The molecule has 0 saturated carbocycles. The van der Waals surface area contributed by atoms with Crippen LogP contribution in [0.5, 0.6) is 11.5 Å². The van der Waals surface area contributed by atoms with E-state index in [1.165, 1.54) is 6.07 Å². The summed E-state index contributed by atoms with van der Waals surface area (Å²) in [5, 5.41) is 10.9. The summed E-state index contributed by atoms with van der Waals surface area (Å²) < 4.78 is 21.1. The fourth-order valence-electron chi connectivity index (χ4n) is 1.47. The summed E-state index contributed by atoms with van der Waals surface area (Å²) in [5.41, 5.74) is -0.688. The third-order valence-electron chi connectivity index (χ3n) is 2.29. The summed E-state index contributed by atoms with van der Waals surface area (Å²) in [6, 6.07) is 7.55. The molecule has 0 fully saturated rings. The van der Waals surface area contributed by atoms with Crippen molar-refractivity contribution in [2.45, 2.75) is 0 Å². The quantitative estimate of drug-likeness (QED) is 0.301. The Labute approximate surface area is 143 Å². The minimum absolute atomic E-state index is 0.151. The first-order valence-corrected chi connectivity index (χ1v) is 7.81. The zero-order valence-corrected chi connectivity index (χ0v) is 14.9. The fraction of sp³-hybridized carbons (Fsp3) is 0. The Hall–Kier alpha value is -0.740. The van der Waals surface area contributed by atoms with Gasteiger partial charge in [0.25, 0.3) is 0 Å². The van der Waals surface area contributed by atoms with E-state index < -0.39 is 16.4 Å². The molecule has 0 amide bonds. The molecule has 0 bridgehead atoms. The van der Waals surface area contributed by atoms with Crippen molar-refractivity contribution in [3.8, 4) is 11.5 Å². The summed E-state index contributed by atoms with van der Waals surface area (Å²) in [6.07, 6.45) is 0. The summed E-state index contributed by atoms with van der Waals surface area (Å²) in [4.78, 5) is 10.1. The first-order valence-electron chi connectivity index (χ1n) is 5.15. The maximum atomic E-state index is 13.7. The van der Waals surface area contributed by atoms with Gasteiger partial charge in [0.1, 0.15) is 5.75 Å². The number of benzene rings is 2. The van der Waals surface area contributed by atoms with E-state index in [0.29, 0.717) is 10.2 Å². The lowest BCUT2D eigenvalue weighted by atomic mass is 10.3. The number of rotatable bonds is 3. The second-order valence-electron chi connectivity index (χ2n) is 3.67. The van der Waals surface area contributed by atoms with E-state index >= 15 is 0 Å². The molecule has 0 aliphatic rings. The largest absolute Gasteiger partial charge is 0.449 e. The Balaban J connectivity index is 2.50. The third kappa shape index (κ3) is 3.47. The number of ether oxygens (including phenoxy) is 1. The Morgan fingerprint density at radius 3 is 2.45 bits per heavy atom. The van der Waals surface area contributed by atoms with Crippen molar-refractivity contribution >= 4 is 60.1 Å². The zero-order chi connectivity index (χ0) is 14.9. The molecule has 0 unspecified atom stereocenters. The predicted octanol–water partition coefficient (Wildman–Crippen LogP) is 5.66. The van der Waals surface area contributed by atoms with Crippen molar-refractivity contribution < 1.29 is 14.1 Å². The van der Waals surface area contributed by atoms with E-state index in [9.17, 15) is 14.5 Å². The maximum Gasteiger partial charge on any atom is 0.346 e. The van der Waals surface area contributed by atoms with Crippen molar-refractivity contribution in [3.63, 3.8) is 0 Å². The first kappa shape index (κ1) is 15.6. The molecule has 8 heteroatoms. The van der Waals surface area contributed by atoms with Crippen molar-refractivity contribution in [1.29, 1.82) is 0 Å². The second kappa shape index (κ2) is 6.35. The molecule has 2 aromatic carbocycles. The molecule has 0 aliphatic carbocycles. The molecule has 2 aromatic rings. The molecule has 0 radical (unpaired) electrons. The van der Waals surface area contributed by atoms with Gasteiger partial charge in [-0.3, -0.25) is 10.1 Å². The number of hydrogen-bond acceptors (Lipinski definition) is 3. The second-order valence-corrected chi connectivity index (χ2v) is 6.66. The Morgan fingerprint density at radius 2 is 1.85 bits per heavy atom. The Kier molecular flexibility index (Phi) is 4.97. The van der Waals surface area contributed by atoms with E-state index in [-0.39, 0.29) is 5.75 Å². The lowest BCUT2D eigenvalue weighted by molar-refractivity contribution is -0.388. The standard InChI is InChI=1S/C12H5Br2FINO3/c13-6-1-2-10(9(16)4-6)20-11-5-7(14)3-8(15)12(11)17(18)19/h1-5H. The van der Waals surface area contributed by atoms with Crippen LogP contribution in [0.1, 0.15) is 0 Å².